The summed E-state index contributed by atoms with van der Waals surface area (Å²) in [6.07, 6.45) is 1.74. The van der Waals surface area contributed by atoms with E-state index in [2.05, 4.69) is 192 Å². The van der Waals surface area contributed by atoms with Crippen LogP contribution in [0.25, 0.3) is 65.7 Å². The van der Waals surface area contributed by atoms with Crippen molar-refractivity contribution in [1.29, 1.82) is 0 Å². The second kappa shape index (κ2) is 12.0. The molecule has 1 aromatic heterocycles. The second-order valence-electron chi connectivity index (χ2n) is 13.3. The Morgan fingerprint density at radius 3 is 1.47 bits per heavy atom. The highest BCUT2D eigenvalue weighted by molar-refractivity contribution is 5.96. The molecule has 1 aliphatic rings. The zero-order chi connectivity index (χ0) is 33.7. The Morgan fingerprint density at radius 2 is 0.902 bits per heavy atom. The van der Waals surface area contributed by atoms with Crippen LogP contribution in [0.1, 0.15) is 11.7 Å². The first-order valence-electron chi connectivity index (χ1n) is 17.5. The molecule has 0 saturated carbocycles. The highest BCUT2D eigenvalue weighted by Gasteiger charge is 2.35. The third kappa shape index (κ3) is 5.19. The van der Waals surface area contributed by atoms with Crippen LogP contribution in [0.3, 0.4) is 0 Å². The lowest BCUT2D eigenvalue weighted by molar-refractivity contribution is 0.821. The number of rotatable bonds is 5. The van der Waals surface area contributed by atoms with Gasteiger partial charge in [-0.2, -0.15) is 0 Å². The highest BCUT2D eigenvalue weighted by Crippen LogP contribution is 2.49. The van der Waals surface area contributed by atoms with Crippen molar-refractivity contribution in [3.8, 4) is 33.4 Å². The number of para-hydroxylation sites is 1. The van der Waals surface area contributed by atoms with Crippen molar-refractivity contribution >= 4 is 49.5 Å². The van der Waals surface area contributed by atoms with Crippen molar-refractivity contribution in [3.05, 3.63) is 194 Å². The Balaban J connectivity index is 1.17. The number of anilines is 3. The molecule has 0 amide bonds. The number of pyridine rings is 1. The van der Waals surface area contributed by atoms with E-state index in [9.17, 15) is 0 Å². The Bertz CT molecular complexity index is 2650. The maximum absolute atomic E-state index is 5.03. The van der Waals surface area contributed by atoms with Gasteiger partial charge >= 0.3 is 0 Å². The Hall–Kier alpha value is -6.71. The van der Waals surface area contributed by atoms with Gasteiger partial charge < -0.3 is 5.32 Å². The lowest BCUT2D eigenvalue weighted by atomic mass is 9.93. The van der Waals surface area contributed by atoms with Crippen LogP contribution in [-0.4, -0.2) is 4.98 Å². The average molecular weight is 652 g/mol. The topological polar surface area (TPSA) is 28.2 Å². The SMILES string of the molecule is c1ccc(N2c3nccc(-c4ccc5ccccc5c4)c3NC2c2cc(-c3ccc4ccccc4c3)cc(-c3ccc4ccccc4c3)c2)cc1. The van der Waals surface area contributed by atoms with Crippen molar-refractivity contribution in [3.63, 3.8) is 0 Å². The summed E-state index contributed by atoms with van der Waals surface area (Å²) in [5.41, 5.74) is 10.3. The molecule has 10 rings (SSSR count). The van der Waals surface area contributed by atoms with Gasteiger partial charge in [0, 0.05) is 17.4 Å². The van der Waals surface area contributed by atoms with Gasteiger partial charge in [0.15, 0.2) is 5.82 Å². The summed E-state index contributed by atoms with van der Waals surface area (Å²) in [6.45, 7) is 0. The standard InChI is InChI=1S/C48H33N3/c1-2-16-44(17-3-1)51-47(50-46-45(24-25-49-48(46)51)40-23-20-34-12-6-9-15-37(34)28-40)43-30-41(38-21-18-32-10-4-7-13-35(32)26-38)29-42(31-43)39-22-19-33-11-5-8-14-36(33)27-39/h1-31,47,50H. The number of benzene rings is 8. The molecule has 3 nitrogen and oxygen atoms in total. The van der Waals surface area contributed by atoms with E-state index in [0.29, 0.717) is 0 Å². The Kier molecular flexibility index (Phi) is 6.88. The second-order valence-corrected chi connectivity index (χ2v) is 13.3. The molecule has 1 N–H and O–H groups in total. The first-order chi connectivity index (χ1) is 25.2. The molecule has 9 aromatic rings. The van der Waals surface area contributed by atoms with Gasteiger partial charge in [0.05, 0.1) is 5.69 Å². The molecule has 1 aliphatic heterocycles. The first-order valence-corrected chi connectivity index (χ1v) is 17.5. The van der Waals surface area contributed by atoms with Crippen LogP contribution in [0.4, 0.5) is 17.2 Å². The van der Waals surface area contributed by atoms with Crippen LogP contribution in [0, 0.1) is 0 Å². The summed E-state index contributed by atoms with van der Waals surface area (Å²) in [5, 5.41) is 11.4. The zero-order valence-corrected chi connectivity index (χ0v) is 27.9. The molecule has 3 heteroatoms. The molecule has 240 valence electrons. The predicted molar refractivity (Wildman–Crippen MR) is 214 cm³/mol. The molecule has 51 heavy (non-hydrogen) atoms. The molecule has 2 heterocycles. The largest absolute Gasteiger partial charge is 0.358 e. The molecular formula is C48H33N3. The number of hydrogen-bond acceptors (Lipinski definition) is 3. The number of nitrogens with one attached hydrogen (secondary N) is 1. The minimum absolute atomic E-state index is 0.198. The molecule has 0 aliphatic carbocycles. The van der Waals surface area contributed by atoms with Crippen LogP contribution < -0.4 is 10.2 Å². The summed E-state index contributed by atoms with van der Waals surface area (Å²) in [7, 11) is 0. The van der Waals surface area contributed by atoms with E-state index in [4.69, 9.17) is 4.98 Å². The lowest BCUT2D eigenvalue weighted by Crippen LogP contribution is -2.24. The van der Waals surface area contributed by atoms with Crippen molar-refractivity contribution in [1.82, 2.24) is 4.98 Å². The fourth-order valence-electron chi connectivity index (χ4n) is 7.67. The maximum atomic E-state index is 5.03. The Labute approximate surface area is 297 Å². The van der Waals surface area contributed by atoms with E-state index in [0.717, 1.165) is 33.9 Å². The van der Waals surface area contributed by atoms with Crippen LogP contribution in [0.5, 0.6) is 0 Å². The van der Waals surface area contributed by atoms with Crippen LogP contribution >= 0.6 is 0 Å². The third-order valence-electron chi connectivity index (χ3n) is 10.2. The molecule has 0 fully saturated rings. The molecule has 0 bridgehead atoms. The van der Waals surface area contributed by atoms with E-state index in [1.807, 2.05) is 6.20 Å². The summed E-state index contributed by atoms with van der Waals surface area (Å²) in [5.74, 6) is 0.917. The van der Waals surface area contributed by atoms with Crippen molar-refractivity contribution < 1.29 is 0 Å². The lowest BCUT2D eigenvalue weighted by Gasteiger charge is -2.27. The number of fused-ring (bicyclic) bond motifs is 4. The smallest absolute Gasteiger partial charge is 0.159 e. The molecular weight excluding hydrogens is 619 g/mol. The van der Waals surface area contributed by atoms with Crippen LogP contribution in [0.2, 0.25) is 0 Å². The van der Waals surface area contributed by atoms with E-state index in [-0.39, 0.29) is 6.17 Å². The summed E-state index contributed by atoms with van der Waals surface area (Å²) >= 11 is 0. The third-order valence-corrected chi connectivity index (χ3v) is 10.2. The van der Waals surface area contributed by atoms with Crippen LogP contribution in [-0.2, 0) is 0 Å². The van der Waals surface area contributed by atoms with Gasteiger partial charge in [0.25, 0.3) is 0 Å². The van der Waals surface area contributed by atoms with Gasteiger partial charge in [-0.25, -0.2) is 4.98 Å². The van der Waals surface area contributed by atoms with Gasteiger partial charge in [-0.05, 0) is 120 Å². The van der Waals surface area contributed by atoms with Gasteiger partial charge in [-0.15, -0.1) is 0 Å². The predicted octanol–water partition coefficient (Wildman–Crippen LogP) is 12.8. The quantitative estimate of drug-likeness (QED) is 0.201. The molecule has 8 aromatic carbocycles. The van der Waals surface area contributed by atoms with Crippen molar-refractivity contribution in [2.75, 3.05) is 10.2 Å². The minimum atomic E-state index is -0.198. The summed E-state index contributed by atoms with van der Waals surface area (Å²) in [4.78, 5) is 7.38. The minimum Gasteiger partial charge on any atom is -0.358 e. The van der Waals surface area contributed by atoms with Crippen molar-refractivity contribution in [2.24, 2.45) is 0 Å². The Morgan fingerprint density at radius 1 is 0.412 bits per heavy atom. The van der Waals surface area contributed by atoms with E-state index in [1.54, 1.807) is 0 Å². The van der Waals surface area contributed by atoms with Gasteiger partial charge in [0.1, 0.15) is 6.17 Å². The number of hydrogen-bond donors (Lipinski definition) is 1. The van der Waals surface area contributed by atoms with Crippen molar-refractivity contribution in [2.45, 2.75) is 6.17 Å². The molecule has 1 unspecified atom stereocenters. The van der Waals surface area contributed by atoms with Gasteiger partial charge in [0.2, 0.25) is 0 Å². The molecule has 0 spiro atoms. The molecule has 0 radical (unpaired) electrons. The van der Waals surface area contributed by atoms with E-state index in [1.165, 1.54) is 54.6 Å². The fraction of sp³-hybridized carbons (Fsp3) is 0.0208. The first kappa shape index (κ1) is 29.2. The zero-order valence-electron chi connectivity index (χ0n) is 27.9. The summed E-state index contributed by atoms with van der Waals surface area (Å²) in [6, 6.07) is 65.8. The summed E-state index contributed by atoms with van der Waals surface area (Å²) < 4.78 is 0. The normalized spacial score (nSPS) is 13.8. The highest BCUT2D eigenvalue weighted by atomic mass is 15.4. The molecule has 1 atom stereocenters. The molecule has 0 saturated heterocycles. The van der Waals surface area contributed by atoms with Crippen LogP contribution in [0.15, 0.2) is 188 Å². The van der Waals surface area contributed by atoms with Gasteiger partial charge in [-0.1, -0.05) is 127 Å². The van der Waals surface area contributed by atoms with Gasteiger partial charge in [-0.3, -0.25) is 4.90 Å². The van der Waals surface area contributed by atoms with E-state index < -0.39 is 0 Å². The van der Waals surface area contributed by atoms with E-state index >= 15 is 0 Å². The number of aromatic nitrogens is 1. The average Bonchev–Trinajstić information content (AvgIpc) is 3.60. The maximum Gasteiger partial charge on any atom is 0.159 e. The monoisotopic (exact) mass is 651 g/mol. The number of nitrogens with zero attached hydrogens (tertiary/aromatic N) is 2. The fourth-order valence-corrected chi connectivity index (χ4v) is 7.67.